The fraction of sp³-hybridized carbons (Fsp3) is 0.180. The molecule has 0 aliphatic rings. The second-order valence-corrected chi connectivity index (χ2v) is 33.8. The molecule has 772 valence electrons. The molecule has 150 heavy (non-hydrogen) atoms. The molecule has 0 radical (unpaired) electrons. The van der Waals surface area contributed by atoms with E-state index in [1.165, 1.54) is 84.7 Å². The smallest absolute Gasteiger partial charge is 0.320 e. The molecule has 32 nitrogen and oxygen atoms in total. The van der Waals surface area contributed by atoms with Crippen molar-refractivity contribution < 1.29 is 34.1 Å². The molecule has 39 heteroatoms. The van der Waals surface area contributed by atoms with Gasteiger partial charge in [0.2, 0.25) is 11.8 Å². The van der Waals surface area contributed by atoms with Gasteiger partial charge >= 0.3 is 5.97 Å². The number of nitrogens with two attached hydrogens (primary N) is 1. The number of alkyl halides is 1. The molecule has 0 amide bonds. The summed E-state index contributed by atoms with van der Waals surface area (Å²) in [5.41, 5.74) is 20.7. The van der Waals surface area contributed by atoms with Crippen LogP contribution in [-0.2, 0) is 16.6 Å². The van der Waals surface area contributed by atoms with Gasteiger partial charge in [-0.15, -0.1) is 0 Å². The standard InChI is InChI=1S/C18H11ClN4O.C17H9ClN4O.C15H12ClN3O.C14H10ClN3O.C13H10ClN3.C10H9NO2.2C6H15N.C5H5ClN2.C5H7NO2.CH3I.CH4O/c1-22-14-5-3-2-4-13(14)17-15(22)8-11(9-20)18(24)23(17)12-6-7-16(19)21-10-12;18-15-6-5-11(9-20-15)22-16-12-3-1-2-4-13(12)21-14(16)7-10(8-19)17(22)23;1-10(20)19-9-13(12-4-2-3-5-14(12)19)18-11-6-7-15(16)17-8-11;15-13-6-5-9(7-16-13)17-14-10-3-1-2-4-11(10)18-12(14)8-19;14-13-6-5-9(7-16-13)17-12-8-15-11-4-2-1-3-10(11)12;1-7(12)11-6-10(13)8-4-2-3-5-9(8)11;2*1-4-7(5-2)6-3;6-5-2-1-4(7)3-8-5;1-2-8-5(7)3-4-6;2*1-2/h2-8,10H,1H3;1-7,9,21H;2-9,18H,1H3;1-8,17-18H;1-8,15,17H;2-6,13H,1H3;2*4-6H2,1-3H3;1-3H,7H2;2-3H2,1H3;1H3;2H,1H3. The third-order valence-electron chi connectivity index (χ3n) is 22.4. The Bertz CT molecular complexity index is 8090. The van der Waals surface area contributed by atoms with Gasteiger partial charge in [0.1, 0.15) is 72.0 Å². The summed E-state index contributed by atoms with van der Waals surface area (Å²) in [6.45, 7) is 25.3. The van der Waals surface area contributed by atoms with Crippen molar-refractivity contribution in [3.8, 4) is 35.3 Å². The van der Waals surface area contributed by atoms with E-state index in [4.69, 9.17) is 85.7 Å². The molecule has 20 rings (SSSR count). The number of carbonyl (C=O) groups is 4. The highest BCUT2D eigenvalue weighted by atomic mass is 127. The maximum Gasteiger partial charge on any atom is 0.320 e. The number of para-hydroxylation sites is 6. The van der Waals surface area contributed by atoms with Gasteiger partial charge in [-0.3, -0.25) is 47.0 Å². The number of ether oxygens (including phenoxy) is 1. The van der Waals surface area contributed by atoms with Crippen molar-refractivity contribution in [1.29, 1.82) is 15.8 Å². The zero-order valence-electron chi connectivity index (χ0n) is 84.0. The number of rotatable bonds is 17. The van der Waals surface area contributed by atoms with Crippen LogP contribution in [0.25, 0.3) is 98.9 Å². The number of anilines is 7. The molecule has 14 heterocycles. The van der Waals surface area contributed by atoms with Crippen LogP contribution >= 0.6 is 92.2 Å². The van der Waals surface area contributed by atoms with Gasteiger partial charge in [0.25, 0.3) is 11.1 Å². The number of nitrogens with one attached hydrogen (secondary N) is 6. The maximum atomic E-state index is 12.8. The van der Waals surface area contributed by atoms with Crippen molar-refractivity contribution in [1.82, 2.24) is 77.5 Å². The Labute approximate surface area is 909 Å². The average Bonchev–Trinajstić information content (AvgIpc) is 1.57. The normalized spacial score (nSPS) is 10.3. The molecule has 0 fully saturated rings. The number of nitrogens with zero attached hydrogens (tertiary/aromatic N) is 16. The fourth-order valence-electron chi connectivity index (χ4n) is 15.1. The van der Waals surface area contributed by atoms with Gasteiger partial charge in [-0.05, 0) is 179 Å². The van der Waals surface area contributed by atoms with Crippen molar-refractivity contribution in [3.05, 3.63) is 355 Å². The Hall–Kier alpha value is -15.8. The zero-order chi connectivity index (χ0) is 109. The Kier molecular flexibility index (Phi) is 47.0. The van der Waals surface area contributed by atoms with Crippen LogP contribution in [0.15, 0.2) is 296 Å². The van der Waals surface area contributed by atoms with E-state index >= 15 is 0 Å². The highest BCUT2D eigenvalue weighted by molar-refractivity contribution is 14.1. The number of nitriles is 3. The summed E-state index contributed by atoms with van der Waals surface area (Å²) in [4.78, 5) is 110. The number of halogens is 7. The lowest BCUT2D eigenvalue weighted by Gasteiger charge is -2.13. The first-order valence-corrected chi connectivity index (χ1v) is 51.2. The highest BCUT2D eigenvalue weighted by Gasteiger charge is 2.21. The Morgan fingerprint density at radius 2 is 0.853 bits per heavy atom. The lowest BCUT2D eigenvalue weighted by atomic mass is 10.2. The molecule has 0 bridgehead atoms. The lowest BCUT2D eigenvalue weighted by molar-refractivity contribution is -0.141. The number of hydrogen-bond donors (Lipinski definition) is 9. The van der Waals surface area contributed by atoms with Crippen LogP contribution in [0.1, 0.15) is 99.9 Å². The number of nitrogen functional groups attached to an aromatic ring is 1. The van der Waals surface area contributed by atoms with Gasteiger partial charge in [-0.2, -0.15) is 15.8 Å². The number of fused-ring (bicyclic) bond motifs is 10. The summed E-state index contributed by atoms with van der Waals surface area (Å²) in [5, 5.41) is 60.9. The summed E-state index contributed by atoms with van der Waals surface area (Å²) in [5.74, 6) is -0.430. The number of esters is 1. The number of benzene rings is 6. The van der Waals surface area contributed by atoms with Crippen molar-refractivity contribution >= 4 is 244 Å². The number of aromatic nitrogens is 14. The number of aromatic hydroxyl groups is 1. The first-order chi connectivity index (χ1) is 72.5. The summed E-state index contributed by atoms with van der Waals surface area (Å²) < 4.78 is 12.5. The molecule has 0 spiro atoms. The number of carbonyl (C=O) groups excluding carboxylic acids is 4. The number of aromatic amines is 3. The van der Waals surface area contributed by atoms with Crippen molar-refractivity contribution in [2.24, 2.45) is 7.05 Å². The van der Waals surface area contributed by atoms with Crippen molar-refractivity contribution in [2.75, 3.05) is 79.6 Å². The molecule has 10 N–H and O–H groups in total. The third kappa shape index (κ3) is 31.9. The second kappa shape index (κ2) is 59.8. The maximum absolute atomic E-state index is 12.8. The van der Waals surface area contributed by atoms with Crippen LogP contribution < -0.4 is 32.8 Å². The molecular weight excluding hydrogens is 2140 g/mol. The average molecular weight is 2250 g/mol. The van der Waals surface area contributed by atoms with Gasteiger partial charge in [0.05, 0.1) is 146 Å². The number of aryl methyl sites for hydroxylation is 1. The van der Waals surface area contributed by atoms with E-state index in [1.807, 2.05) is 180 Å². The van der Waals surface area contributed by atoms with Crippen LogP contribution in [0.2, 0.25) is 30.9 Å². The highest BCUT2D eigenvalue weighted by Crippen LogP contribution is 2.35. The van der Waals surface area contributed by atoms with Gasteiger partial charge < -0.3 is 66.0 Å². The minimum absolute atomic E-state index is 0.0246. The van der Waals surface area contributed by atoms with Gasteiger partial charge in [0, 0.05) is 89.3 Å². The predicted molar refractivity (Wildman–Crippen MR) is 616 cm³/mol. The van der Waals surface area contributed by atoms with E-state index in [2.05, 4.69) is 146 Å². The number of aliphatic hydroxyl groups is 1. The molecule has 0 saturated heterocycles. The molecular formula is C111H110Cl6IN23O9. The van der Waals surface area contributed by atoms with Gasteiger partial charge in [-0.25, -0.2) is 29.9 Å². The molecule has 14 aromatic heterocycles. The summed E-state index contributed by atoms with van der Waals surface area (Å²) in [7, 11) is 2.92. The molecule has 0 aliphatic heterocycles. The summed E-state index contributed by atoms with van der Waals surface area (Å²) in [6, 6.07) is 75.9. The van der Waals surface area contributed by atoms with E-state index < -0.39 is 5.97 Å². The molecule has 0 aliphatic carbocycles. The minimum Gasteiger partial charge on any atom is -0.506 e. The van der Waals surface area contributed by atoms with Crippen LogP contribution in [0.3, 0.4) is 0 Å². The van der Waals surface area contributed by atoms with Crippen molar-refractivity contribution in [2.45, 2.75) is 68.7 Å². The van der Waals surface area contributed by atoms with Crippen LogP contribution in [0.4, 0.5) is 39.8 Å². The van der Waals surface area contributed by atoms with Gasteiger partial charge in [-0.1, -0.05) is 237 Å². The minimum atomic E-state index is -0.449. The summed E-state index contributed by atoms with van der Waals surface area (Å²) in [6.07, 6.45) is 15.4. The molecule has 0 atom stereocenters. The summed E-state index contributed by atoms with van der Waals surface area (Å²) >= 11 is 36.5. The number of aldehydes is 1. The van der Waals surface area contributed by atoms with E-state index in [1.54, 1.807) is 128 Å². The molecule has 0 saturated carbocycles. The quantitative estimate of drug-likeness (QED) is 0.0134. The molecule has 0 unspecified atom stereocenters. The number of aliphatic hydroxyl groups excluding tert-OH is 1. The second-order valence-electron chi connectivity index (χ2n) is 31.5. The number of H-pyrrole nitrogens is 3. The first kappa shape index (κ1) is 118. The van der Waals surface area contributed by atoms with E-state index in [0.29, 0.717) is 71.2 Å². The Balaban J connectivity index is 0.000000189. The van der Waals surface area contributed by atoms with Gasteiger partial charge in [0.15, 0.2) is 6.29 Å². The SMILES string of the molecule is CC(=O)n1cc(Nc2ccc(Cl)nc2)c2ccccc21.CC(=O)n1cc(O)c2ccccc21.CCN(CC)CC.CCN(CC)CC.CCOC(=O)CC#N.CI.CO.Clc1ccc(Nc2c[nH]c3ccccc23)cn1.Cn1c2ccccc2c2c1cc(C#N)c(=O)n2-c1ccc(Cl)nc1.N#Cc1cc2[nH]c3ccccc3c2n(-c2ccc(Cl)nc2)c1=O.Nc1ccc(Cl)nc1.O=Cc1[nH]c2ccccc2c1Nc1ccc(Cl)nc1. The van der Waals surface area contributed by atoms with Crippen LogP contribution in [-0.4, -0.2) is 170 Å². The first-order valence-electron chi connectivity index (χ1n) is 46.7. The largest absolute Gasteiger partial charge is 0.506 e. The van der Waals surface area contributed by atoms with Crippen LogP contribution in [0, 0.1) is 34.0 Å². The third-order valence-corrected chi connectivity index (χ3v) is 23.7. The van der Waals surface area contributed by atoms with E-state index in [9.17, 15) is 44.4 Å². The molecule has 20 aromatic rings. The number of hydrogen-bond acceptors (Lipinski definition) is 24. The topological polar surface area (TPSA) is 441 Å². The Morgan fingerprint density at radius 1 is 0.453 bits per heavy atom. The van der Waals surface area contributed by atoms with Crippen LogP contribution in [0.5, 0.6) is 5.75 Å². The monoisotopic (exact) mass is 2250 g/mol. The van der Waals surface area contributed by atoms with Crippen molar-refractivity contribution in [3.63, 3.8) is 0 Å². The lowest BCUT2D eigenvalue weighted by Crippen LogP contribution is -2.21. The van der Waals surface area contributed by atoms with E-state index in [-0.39, 0.29) is 46.2 Å². The Morgan fingerprint density at radius 3 is 1.29 bits per heavy atom. The number of pyridine rings is 8. The van der Waals surface area contributed by atoms with E-state index in [0.717, 1.165) is 124 Å². The predicted octanol–water partition coefficient (Wildman–Crippen LogP) is 25.8. The molecule has 6 aromatic carbocycles. The fourth-order valence-corrected chi connectivity index (χ4v) is 15.8. The zero-order valence-corrected chi connectivity index (χ0v) is 90.7.